The van der Waals surface area contributed by atoms with Crippen LogP contribution >= 0.6 is 0 Å². The maximum absolute atomic E-state index is 10.6. The Labute approximate surface area is 135 Å². The number of carbonyl (C=O) groups excluding carboxylic acids is 1. The molecule has 0 rings (SSSR count). The molecule has 0 radical (unpaired) electrons. The first kappa shape index (κ1) is 20.7. The van der Waals surface area contributed by atoms with Crippen molar-refractivity contribution in [2.45, 2.75) is 84.3 Å². The summed E-state index contributed by atoms with van der Waals surface area (Å²) in [5.74, 6) is -0.284. The zero-order valence-corrected chi connectivity index (χ0v) is 11.5. The van der Waals surface area contributed by atoms with Crippen molar-refractivity contribution in [3.63, 3.8) is 0 Å². The second-order valence-corrected chi connectivity index (χ2v) is 4.76. The molecule has 2 N–H and O–H groups in total. The number of nitrogens with two attached hydrogens (primary N) is 1. The van der Waals surface area contributed by atoms with E-state index in [1.54, 1.807) is 0 Å². The molecule has 4 heteroatoms. The Morgan fingerprint density at radius 3 is 1.89 bits per heavy atom. The molecular weight excluding hydrogens is 237 g/mol. The molecule has 0 spiro atoms. The number of carbonyl (C=O) groups is 1. The second kappa shape index (κ2) is 15.5. The summed E-state index contributed by atoms with van der Waals surface area (Å²) in [5, 5.41) is 0. The van der Waals surface area contributed by atoms with Gasteiger partial charge < -0.3 is 4.74 Å². The zero-order valence-electron chi connectivity index (χ0n) is 11.5. The summed E-state index contributed by atoms with van der Waals surface area (Å²) >= 11 is 0. The Morgan fingerprint density at radius 2 is 1.44 bits per heavy atom. The summed E-state index contributed by atoms with van der Waals surface area (Å²) < 4.78 is 4.86. The minimum atomic E-state index is -0.406. The van der Waals surface area contributed by atoms with E-state index in [-0.39, 0.29) is 35.5 Å². The van der Waals surface area contributed by atoms with Crippen molar-refractivity contribution in [2.75, 3.05) is 0 Å². The maximum atomic E-state index is 10.6. The van der Waals surface area contributed by atoms with E-state index >= 15 is 0 Å². The van der Waals surface area contributed by atoms with Gasteiger partial charge in [0.25, 0.3) is 0 Å². The van der Waals surface area contributed by atoms with E-state index in [2.05, 4.69) is 6.92 Å². The van der Waals surface area contributed by atoms with Gasteiger partial charge in [-0.05, 0) is 12.8 Å². The van der Waals surface area contributed by atoms with Gasteiger partial charge in [-0.1, -0.05) is 58.3 Å². The first-order chi connectivity index (χ1) is 8.16. The van der Waals surface area contributed by atoms with Gasteiger partial charge in [0.2, 0.25) is 0 Å². The van der Waals surface area contributed by atoms with Gasteiger partial charge in [0.15, 0.2) is 6.23 Å². The molecule has 0 amide bonds. The number of esters is 1. The normalized spacial score (nSPS) is 11.7. The summed E-state index contributed by atoms with van der Waals surface area (Å²) in [6.07, 6.45) is 12.0. The van der Waals surface area contributed by atoms with Crippen molar-refractivity contribution in [1.29, 1.82) is 0 Å². The Bertz CT molecular complexity index is 189. The zero-order chi connectivity index (χ0) is 12.9. The molecule has 3 nitrogen and oxygen atoms in total. The number of rotatable bonds is 11. The van der Waals surface area contributed by atoms with E-state index in [0.29, 0.717) is 0 Å². The molecule has 0 aliphatic carbocycles. The summed E-state index contributed by atoms with van der Waals surface area (Å²) in [4.78, 5) is 10.6. The van der Waals surface area contributed by atoms with Crippen LogP contribution in [0, 0.1) is 0 Å². The number of hydrogen-bond acceptors (Lipinski definition) is 3. The van der Waals surface area contributed by atoms with Gasteiger partial charge in [-0.25, -0.2) is 0 Å². The fourth-order valence-electron chi connectivity index (χ4n) is 1.93. The Morgan fingerprint density at radius 1 is 1.00 bits per heavy atom. The molecule has 0 aliphatic rings. The van der Waals surface area contributed by atoms with Crippen LogP contribution in [0.4, 0.5) is 0 Å². The molecule has 1 atom stereocenters. The molecule has 18 heavy (non-hydrogen) atoms. The molecule has 1 unspecified atom stereocenters. The van der Waals surface area contributed by atoms with Crippen molar-refractivity contribution < 1.29 is 9.53 Å². The molecule has 0 heterocycles. The standard InChI is InChI=1S/C14H29NO2.Na.H/c1-3-4-5-6-7-8-9-10-11-12-14(15)17-13(2)16;;/h14H,3-12,15H2,1-2H3;;. The van der Waals surface area contributed by atoms with Crippen LogP contribution in [0.1, 0.15) is 78.1 Å². The van der Waals surface area contributed by atoms with E-state index in [4.69, 9.17) is 10.5 Å². The van der Waals surface area contributed by atoms with Crippen molar-refractivity contribution >= 4 is 35.5 Å². The SMILES string of the molecule is CCCCCCCCCCCC(N)OC(C)=O.[NaH]. The predicted octanol–water partition coefficient (Wildman–Crippen LogP) is 3.11. The van der Waals surface area contributed by atoms with E-state index in [0.717, 1.165) is 12.8 Å². The van der Waals surface area contributed by atoms with Gasteiger partial charge in [0.05, 0.1) is 0 Å². The topological polar surface area (TPSA) is 52.3 Å². The fourth-order valence-corrected chi connectivity index (χ4v) is 1.93. The number of unbranched alkanes of at least 4 members (excludes halogenated alkanes) is 8. The van der Waals surface area contributed by atoms with Crippen LogP contribution in [-0.2, 0) is 9.53 Å². The molecule has 0 aromatic rings. The van der Waals surface area contributed by atoms with Crippen LogP contribution < -0.4 is 5.73 Å². The molecule has 0 aliphatic heterocycles. The first-order valence-corrected chi connectivity index (χ1v) is 7.09. The van der Waals surface area contributed by atoms with E-state index in [1.807, 2.05) is 0 Å². The minimum absolute atomic E-state index is 0. The molecule has 0 saturated carbocycles. The Balaban J connectivity index is 0. The van der Waals surface area contributed by atoms with Gasteiger partial charge in [-0.15, -0.1) is 0 Å². The van der Waals surface area contributed by atoms with Gasteiger partial charge in [0.1, 0.15) is 0 Å². The van der Waals surface area contributed by atoms with Crippen LogP contribution in [0.15, 0.2) is 0 Å². The third-order valence-corrected chi connectivity index (χ3v) is 2.91. The van der Waals surface area contributed by atoms with Crippen molar-refractivity contribution in [3.05, 3.63) is 0 Å². The second-order valence-electron chi connectivity index (χ2n) is 4.76. The van der Waals surface area contributed by atoms with E-state index in [1.165, 1.54) is 58.3 Å². The Hall–Kier alpha value is 0.430. The molecule has 0 fully saturated rings. The number of ether oxygens (including phenoxy) is 1. The molecule has 0 bridgehead atoms. The van der Waals surface area contributed by atoms with E-state index in [9.17, 15) is 4.79 Å². The molecule has 0 aromatic heterocycles. The monoisotopic (exact) mass is 267 g/mol. The molecule has 0 saturated heterocycles. The van der Waals surface area contributed by atoms with Gasteiger partial charge in [0, 0.05) is 6.92 Å². The summed E-state index contributed by atoms with van der Waals surface area (Å²) in [5.41, 5.74) is 5.63. The average Bonchev–Trinajstić information content (AvgIpc) is 2.26. The quantitative estimate of drug-likeness (QED) is 0.271. The third-order valence-electron chi connectivity index (χ3n) is 2.91. The van der Waals surface area contributed by atoms with E-state index < -0.39 is 6.23 Å². The van der Waals surface area contributed by atoms with Crippen LogP contribution in [0.3, 0.4) is 0 Å². The van der Waals surface area contributed by atoms with Crippen LogP contribution in [0.25, 0.3) is 0 Å². The first-order valence-electron chi connectivity index (χ1n) is 7.09. The molecule has 104 valence electrons. The van der Waals surface area contributed by atoms with Crippen LogP contribution in [0.2, 0.25) is 0 Å². The predicted molar refractivity (Wildman–Crippen MR) is 78.7 cm³/mol. The Kier molecular flexibility index (Phi) is 17.8. The van der Waals surface area contributed by atoms with Crippen LogP contribution in [0.5, 0.6) is 0 Å². The van der Waals surface area contributed by atoms with Gasteiger partial charge in [-0.2, -0.15) is 0 Å². The summed E-state index contributed by atoms with van der Waals surface area (Å²) in [6, 6.07) is 0. The van der Waals surface area contributed by atoms with Gasteiger partial charge in [-0.3, -0.25) is 10.5 Å². The van der Waals surface area contributed by atoms with Crippen LogP contribution in [-0.4, -0.2) is 41.8 Å². The van der Waals surface area contributed by atoms with Gasteiger partial charge >= 0.3 is 35.5 Å². The molecule has 0 aromatic carbocycles. The third kappa shape index (κ3) is 16.4. The number of hydrogen-bond donors (Lipinski definition) is 1. The van der Waals surface area contributed by atoms with Crippen molar-refractivity contribution in [1.82, 2.24) is 0 Å². The average molecular weight is 267 g/mol. The fraction of sp³-hybridized carbons (Fsp3) is 0.929. The summed E-state index contributed by atoms with van der Waals surface area (Å²) in [7, 11) is 0. The molecular formula is C14H30NNaO2. The van der Waals surface area contributed by atoms with Crippen molar-refractivity contribution in [2.24, 2.45) is 5.73 Å². The van der Waals surface area contributed by atoms with Crippen molar-refractivity contribution in [3.8, 4) is 0 Å². The summed E-state index contributed by atoms with van der Waals surface area (Å²) in [6.45, 7) is 3.64.